The summed E-state index contributed by atoms with van der Waals surface area (Å²) in [6.45, 7) is 5.78. The first kappa shape index (κ1) is 19.5. The zero-order chi connectivity index (χ0) is 20.2. The van der Waals surface area contributed by atoms with Gasteiger partial charge in [0.05, 0.1) is 24.1 Å². The van der Waals surface area contributed by atoms with Crippen LogP contribution in [0.3, 0.4) is 0 Å². The summed E-state index contributed by atoms with van der Waals surface area (Å²) in [6, 6.07) is 8.32. The van der Waals surface area contributed by atoms with E-state index in [0.29, 0.717) is 18.9 Å². The number of carbonyl (C=O) groups is 1. The predicted octanol–water partition coefficient (Wildman–Crippen LogP) is 1.85. The van der Waals surface area contributed by atoms with Crippen molar-refractivity contribution in [2.45, 2.75) is 51.1 Å². The van der Waals surface area contributed by atoms with E-state index in [1.165, 1.54) is 0 Å². The van der Waals surface area contributed by atoms with Crippen LogP contribution < -0.4 is 4.90 Å². The van der Waals surface area contributed by atoms with Crippen LogP contribution in [0.5, 0.6) is 0 Å². The largest absolute Gasteiger partial charge is 0.457 e. The summed E-state index contributed by atoms with van der Waals surface area (Å²) >= 11 is 5.87. The highest BCUT2D eigenvalue weighted by Crippen LogP contribution is 2.44. The lowest BCUT2D eigenvalue weighted by Gasteiger charge is -2.49. The number of fused-ring (bicyclic) bond motifs is 2. The number of thiocarbonyl (C=S) groups is 1. The van der Waals surface area contributed by atoms with Crippen molar-refractivity contribution in [3.8, 4) is 0 Å². The molecule has 7 heteroatoms. The van der Waals surface area contributed by atoms with Gasteiger partial charge in [0.25, 0.3) is 0 Å². The third-order valence-corrected chi connectivity index (χ3v) is 6.58. The highest BCUT2D eigenvalue weighted by molar-refractivity contribution is 7.80. The molecule has 6 nitrogen and oxygen atoms in total. The Morgan fingerprint density at radius 3 is 2.50 bits per heavy atom. The van der Waals surface area contributed by atoms with Crippen LogP contribution in [0.2, 0.25) is 0 Å². The number of hydrogen-bond donors (Lipinski definition) is 1. The Morgan fingerprint density at radius 2 is 1.89 bits per heavy atom. The molecule has 1 N–H and O–H groups in total. The number of carbonyl (C=O) groups excluding carboxylic acids is 1. The SMILES string of the molecule is CC(C)CN1C(=S)N(Cc2ccc(N(C)C)cc2)[C@H]2[C@H]3OC(=O)[C@@H](C[C@H]3O)[C@@H]21. The molecule has 3 heterocycles. The lowest BCUT2D eigenvalue weighted by molar-refractivity contribution is -0.199. The van der Waals surface area contributed by atoms with E-state index in [9.17, 15) is 9.90 Å². The number of rotatable bonds is 5. The van der Waals surface area contributed by atoms with E-state index in [1.54, 1.807) is 0 Å². The molecule has 3 saturated heterocycles. The molecule has 4 aliphatic rings. The first-order valence-electron chi connectivity index (χ1n) is 10.00. The van der Waals surface area contributed by atoms with Crippen LogP contribution >= 0.6 is 12.2 Å². The summed E-state index contributed by atoms with van der Waals surface area (Å²) in [6.07, 6.45) is -0.671. The minimum absolute atomic E-state index is 0.00871. The van der Waals surface area contributed by atoms with Gasteiger partial charge in [-0.15, -0.1) is 0 Å². The van der Waals surface area contributed by atoms with E-state index >= 15 is 0 Å². The summed E-state index contributed by atoms with van der Waals surface area (Å²) < 4.78 is 5.61. The van der Waals surface area contributed by atoms with Gasteiger partial charge >= 0.3 is 5.97 Å². The third kappa shape index (κ3) is 3.14. The fourth-order valence-corrected chi connectivity index (χ4v) is 5.23. The Hall–Kier alpha value is -1.86. The fourth-order valence-electron chi connectivity index (χ4n) is 4.84. The Labute approximate surface area is 172 Å². The van der Waals surface area contributed by atoms with Crippen molar-refractivity contribution in [3.05, 3.63) is 29.8 Å². The van der Waals surface area contributed by atoms with E-state index in [4.69, 9.17) is 17.0 Å². The van der Waals surface area contributed by atoms with E-state index in [1.807, 2.05) is 14.1 Å². The summed E-state index contributed by atoms with van der Waals surface area (Å²) in [5.41, 5.74) is 2.30. The molecular weight excluding hydrogens is 374 g/mol. The van der Waals surface area contributed by atoms with Gasteiger partial charge in [0.2, 0.25) is 0 Å². The van der Waals surface area contributed by atoms with Gasteiger partial charge in [0.15, 0.2) is 5.11 Å². The maximum Gasteiger partial charge on any atom is 0.311 e. The number of anilines is 1. The van der Waals surface area contributed by atoms with Gasteiger partial charge < -0.3 is 24.5 Å². The average molecular weight is 404 g/mol. The fraction of sp³-hybridized carbons (Fsp3) is 0.619. The standard InChI is InChI=1S/C21H29N3O3S/c1-12(2)10-23-17-15-9-16(25)19(27-20(15)26)18(17)24(21(23)28)11-13-5-7-14(8-6-13)22(3)4/h5-8,12,15-19,25H,9-11H2,1-4H3/t15-,16+,17-,18+,19-/m0/s1. The van der Waals surface area contributed by atoms with E-state index < -0.39 is 12.2 Å². The highest BCUT2D eigenvalue weighted by Gasteiger charge is 2.62. The molecule has 5 atom stereocenters. The smallest absolute Gasteiger partial charge is 0.311 e. The molecule has 28 heavy (non-hydrogen) atoms. The van der Waals surface area contributed by atoms with Crippen LogP contribution in [0.25, 0.3) is 0 Å². The minimum Gasteiger partial charge on any atom is -0.457 e. The molecule has 2 bridgehead atoms. The summed E-state index contributed by atoms with van der Waals surface area (Å²) in [4.78, 5) is 18.9. The van der Waals surface area contributed by atoms with Gasteiger partial charge in [-0.2, -0.15) is 0 Å². The van der Waals surface area contributed by atoms with Crippen molar-refractivity contribution in [2.24, 2.45) is 11.8 Å². The summed E-state index contributed by atoms with van der Waals surface area (Å²) in [5, 5.41) is 11.3. The number of aliphatic hydroxyl groups excluding tert-OH is 1. The maximum absolute atomic E-state index is 12.4. The van der Waals surface area contributed by atoms with E-state index in [-0.39, 0.29) is 24.0 Å². The topological polar surface area (TPSA) is 56.2 Å². The van der Waals surface area contributed by atoms with Gasteiger partial charge in [-0.25, -0.2) is 0 Å². The average Bonchev–Trinajstić information content (AvgIpc) is 2.90. The first-order chi connectivity index (χ1) is 13.3. The first-order valence-corrected chi connectivity index (χ1v) is 10.4. The molecule has 0 unspecified atom stereocenters. The van der Waals surface area contributed by atoms with Crippen molar-refractivity contribution in [1.82, 2.24) is 9.80 Å². The van der Waals surface area contributed by atoms with Gasteiger partial charge in [-0.3, -0.25) is 4.79 Å². The molecule has 5 rings (SSSR count). The van der Waals surface area contributed by atoms with Crippen LogP contribution in [-0.4, -0.2) is 70.9 Å². The zero-order valence-electron chi connectivity index (χ0n) is 16.9. The molecule has 0 radical (unpaired) electrons. The number of hydrogen-bond acceptors (Lipinski definition) is 5. The number of benzene rings is 1. The van der Waals surface area contributed by atoms with Gasteiger partial charge in [0.1, 0.15) is 6.10 Å². The zero-order valence-corrected chi connectivity index (χ0v) is 17.7. The van der Waals surface area contributed by atoms with E-state index in [0.717, 1.165) is 22.9 Å². The molecule has 0 aromatic heterocycles. The Morgan fingerprint density at radius 1 is 1.21 bits per heavy atom. The number of nitrogens with zero attached hydrogens (tertiary/aromatic N) is 3. The third-order valence-electron chi connectivity index (χ3n) is 6.11. The minimum atomic E-state index is -0.621. The normalized spacial score (nSPS) is 31.4. The molecule has 1 aliphatic carbocycles. The summed E-state index contributed by atoms with van der Waals surface area (Å²) in [5.74, 6) is -0.0765. The monoisotopic (exact) mass is 403 g/mol. The quantitative estimate of drug-likeness (QED) is 0.595. The van der Waals surface area contributed by atoms with Gasteiger partial charge in [-0.1, -0.05) is 26.0 Å². The second-order valence-electron chi connectivity index (χ2n) is 8.81. The Balaban J connectivity index is 1.64. The van der Waals surface area contributed by atoms with Crippen molar-refractivity contribution < 1.29 is 14.6 Å². The maximum atomic E-state index is 12.4. The van der Waals surface area contributed by atoms with Crippen molar-refractivity contribution in [3.63, 3.8) is 0 Å². The van der Waals surface area contributed by atoms with Gasteiger partial charge in [0, 0.05) is 32.9 Å². The second-order valence-corrected chi connectivity index (χ2v) is 9.17. The molecule has 152 valence electrons. The lowest BCUT2D eigenvalue weighted by Crippen LogP contribution is -2.66. The molecule has 4 fully saturated rings. The van der Waals surface area contributed by atoms with Crippen LogP contribution in [-0.2, 0) is 16.1 Å². The van der Waals surface area contributed by atoms with Crippen molar-refractivity contribution in [1.29, 1.82) is 0 Å². The van der Waals surface area contributed by atoms with Gasteiger partial charge in [-0.05, 0) is 42.3 Å². The lowest BCUT2D eigenvalue weighted by atomic mass is 9.74. The molecule has 1 aromatic carbocycles. The highest BCUT2D eigenvalue weighted by atomic mass is 32.1. The molecule has 1 saturated carbocycles. The van der Waals surface area contributed by atoms with Crippen molar-refractivity contribution >= 4 is 29.0 Å². The molecule has 0 amide bonds. The summed E-state index contributed by atoms with van der Waals surface area (Å²) in [7, 11) is 4.04. The van der Waals surface area contributed by atoms with Crippen LogP contribution in [0.15, 0.2) is 24.3 Å². The Kier molecular flexibility index (Phi) is 5.00. The van der Waals surface area contributed by atoms with Crippen molar-refractivity contribution in [2.75, 3.05) is 25.5 Å². The van der Waals surface area contributed by atoms with E-state index in [2.05, 4.69) is 52.8 Å². The number of aliphatic hydroxyl groups is 1. The number of ether oxygens (including phenoxy) is 1. The number of esters is 1. The predicted molar refractivity (Wildman–Crippen MR) is 112 cm³/mol. The van der Waals surface area contributed by atoms with Crippen LogP contribution in [0, 0.1) is 11.8 Å². The second kappa shape index (κ2) is 7.19. The van der Waals surface area contributed by atoms with Crippen LogP contribution in [0.4, 0.5) is 5.69 Å². The molecule has 0 spiro atoms. The molecule has 3 aliphatic heterocycles. The molecule has 1 aromatic rings. The Bertz CT molecular complexity index is 767. The molecular formula is C21H29N3O3S. The van der Waals surface area contributed by atoms with Crippen LogP contribution in [0.1, 0.15) is 25.8 Å².